The molecule has 4 rings (SSSR count). The quantitative estimate of drug-likeness (QED) is 0.902. The molecular formula is C13H17N3OS. The van der Waals surface area contributed by atoms with Gasteiger partial charge in [0.05, 0.1) is 11.7 Å². The van der Waals surface area contributed by atoms with Crippen LogP contribution >= 0.6 is 11.3 Å². The Morgan fingerprint density at radius 1 is 1.28 bits per heavy atom. The summed E-state index contributed by atoms with van der Waals surface area (Å²) in [5.74, 6) is 0.895. The van der Waals surface area contributed by atoms with E-state index in [1.165, 1.54) is 31.4 Å². The number of carbonyl (C=O) groups excluding carboxylic acids is 1. The van der Waals surface area contributed by atoms with Gasteiger partial charge in [0.15, 0.2) is 5.13 Å². The van der Waals surface area contributed by atoms with Crippen molar-refractivity contribution in [2.45, 2.75) is 50.1 Å². The zero-order valence-corrected chi connectivity index (χ0v) is 11.1. The number of nitrogens with zero attached hydrogens (tertiary/aromatic N) is 2. The Kier molecular flexibility index (Phi) is 2.45. The summed E-state index contributed by atoms with van der Waals surface area (Å²) in [5, 5.41) is 6.46. The molecule has 96 valence electrons. The van der Waals surface area contributed by atoms with Crippen LogP contribution < -0.4 is 10.2 Å². The summed E-state index contributed by atoms with van der Waals surface area (Å²) in [6.45, 7) is 0.820. The smallest absolute Gasteiger partial charge is 0.245 e. The topological polar surface area (TPSA) is 45.2 Å². The van der Waals surface area contributed by atoms with Crippen LogP contribution in [0.15, 0.2) is 5.38 Å². The lowest BCUT2D eigenvalue weighted by molar-refractivity contribution is -0.118. The van der Waals surface area contributed by atoms with Crippen LogP contribution in [0.5, 0.6) is 0 Å². The molecule has 1 aromatic heterocycles. The van der Waals surface area contributed by atoms with E-state index in [0.717, 1.165) is 18.1 Å². The van der Waals surface area contributed by atoms with Crippen molar-refractivity contribution in [3.8, 4) is 0 Å². The van der Waals surface area contributed by atoms with E-state index in [-0.39, 0.29) is 11.9 Å². The third-order valence-electron chi connectivity index (χ3n) is 3.96. The average molecular weight is 263 g/mol. The van der Waals surface area contributed by atoms with Crippen molar-refractivity contribution in [2.24, 2.45) is 0 Å². The zero-order valence-electron chi connectivity index (χ0n) is 10.3. The first kappa shape index (κ1) is 10.9. The van der Waals surface area contributed by atoms with E-state index in [9.17, 15) is 4.79 Å². The Hall–Kier alpha value is -0.940. The van der Waals surface area contributed by atoms with E-state index in [0.29, 0.717) is 12.0 Å². The second kappa shape index (κ2) is 4.03. The number of hydrogen-bond acceptors (Lipinski definition) is 4. The largest absolute Gasteiger partial charge is 0.303 e. The highest BCUT2D eigenvalue weighted by atomic mass is 32.1. The van der Waals surface area contributed by atoms with Gasteiger partial charge in [0.25, 0.3) is 0 Å². The number of amides is 1. The lowest BCUT2D eigenvalue weighted by Gasteiger charge is -2.13. The maximum atomic E-state index is 12.3. The minimum absolute atomic E-state index is 0.0331. The average Bonchev–Trinajstić information content (AvgIpc) is 3.28. The molecule has 3 aliphatic rings. The number of nitrogens with one attached hydrogen (secondary N) is 1. The number of anilines is 1. The van der Waals surface area contributed by atoms with Crippen molar-refractivity contribution >= 4 is 22.4 Å². The Balaban J connectivity index is 1.48. The fourth-order valence-corrected chi connectivity index (χ4v) is 3.46. The molecule has 0 bridgehead atoms. The Morgan fingerprint density at radius 2 is 2.11 bits per heavy atom. The molecule has 1 unspecified atom stereocenters. The van der Waals surface area contributed by atoms with Crippen molar-refractivity contribution in [3.05, 3.63) is 11.1 Å². The van der Waals surface area contributed by atoms with Crippen LogP contribution in [0.2, 0.25) is 0 Å². The van der Waals surface area contributed by atoms with Gasteiger partial charge >= 0.3 is 0 Å². The summed E-state index contributed by atoms with van der Waals surface area (Å²) in [6, 6.07) is 0.628. The van der Waals surface area contributed by atoms with Crippen molar-refractivity contribution in [1.29, 1.82) is 0 Å². The van der Waals surface area contributed by atoms with Gasteiger partial charge in [-0.3, -0.25) is 9.69 Å². The second-order valence-corrected chi connectivity index (χ2v) is 6.44. The van der Waals surface area contributed by atoms with Crippen molar-refractivity contribution in [2.75, 3.05) is 11.4 Å². The molecule has 1 saturated heterocycles. The molecule has 5 heteroatoms. The van der Waals surface area contributed by atoms with Crippen molar-refractivity contribution < 1.29 is 4.79 Å². The maximum absolute atomic E-state index is 12.3. The number of thiazole rings is 1. The molecule has 1 aliphatic heterocycles. The van der Waals surface area contributed by atoms with Crippen LogP contribution in [-0.4, -0.2) is 29.5 Å². The van der Waals surface area contributed by atoms with E-state index in [4.69, 9.17) is 0 Å². The van der Waals surface area contributed by atoms with Gasteiger partial charge in [0, 0.05) is 23.9 Å². The fraction of sp³-hybridized carbons (Fsp3) is 0.692. The van der Waals surface area contributed by atoms with Crippen LogP contribution in [0.1, 0.15) is 43.7 Å². The number of rotatable bonds is 4. The standard InChI is InChI=1S/C13H17N3OS/c17-12-10(14-9-3-4-9)5-6-16(12)13-15-11(7-18-13)8-1-2-8/h7-10,14H,1-6H2. The van der Waals surface area contributed by atoms with Crippen LogP contribution in [0, 0.1) is 0 Å². The molecule has 0 aromatic carbocycles. The third-order valence-corrected chi connectivity index (χ3v) is 4.84. The van der Waals surface area contributed by atoms with Crippen LogP contribution in [0.25, 0.3) is 0 Å². The molecule has 1 amide bonds. The van der Waals surface area contributed by atoms with Crippen LogP contribution in [0.4, 0.5) is 5.13 Å². The van der Waals surface area contributed by atoms with Gasteiger partial charge in [-0.25, -0.2) is 4.98 Å². The molecule has 0 spiro atoms. The van der Waals surface area contributed by atoms with Gasteiger partial charge in [-0.2, -0.15) is 0 Å². The fourth-order valence-electron chi connectivity index (χ4n) is 2.53. The monoisotopic (exact) mass is 263 g/mol. The third kappa shape index (κ3) is 1.95. The summed E-state index contributed by atoms with van der Waals surface area (Å²) in [6.07, 6.45) is 5.92. The molecule has 1 atom stereocenters. The van der Waals surface area contributed by atoms with Crippen LogP contribution in [0.3, 0.4) is 0 Å². The van der Waals surface area contributed by atoms with E-state index >= 15 is 0 Å². The molecule has 0 radical (unpaired) electrons. The van der Waals surface area contributed by atoms with Crippen molar-refractivity contribution in [1.82, 2.24) is 10.3 Å². The Morgan fingerprint density at radius 3 is 2.83 bits per heavy atom. The lowest BCUT2D eigenvalue weighted by Crippen LogP contribution is -2.39. The maximum Gasteiger partial charge on any atom is 0.245 e. The van der Waals surface area contributed by atoms with Gasteiger partial charge in [0.2, 0.25) is 5.91 Å². The zero-order chi connectivity index (χ0) is 12.1. The van der Waals surface area contributed by atoms with E-state index in [1.807, 2.05) is 4.90 Å². The minimum atomic E-state index is 0.0331. The number of hydrogen-bond donors (Lipinski definition) is 1. The molecule has 18 heavy (non-hydrogen) atoms. The molecule has 2 aliphatic carbocycles. The molecule has 2 heterocycles. The first-order chi connectivity index (χ1) is 8.81. The van der Waals surface area contributed by atoms with E-state index in [1.54, 1.807) is 11.3 Å². The van der Waals surface area contributed by atoms with Gasteiger partial charge in [-0.05, 0) is 32.1 Å². The van der Waals surface area contributed by atoms with Crippen LogP contribution in [-0.2, 0) is 4.79 Å². The summed E-state index contributed by atoms with van der Waals surface area (Å²) in [5.41, 5.74) is 1.20. The van der Waals surface area contributed by atoms with Gasteiger partial charge in [-0.1, -0.05) is 0 Å². The van der Waals surface area contributed by atoms with Gasteiger partial charge in [0.1, 0.15) is 0 Å². The lowest BCUT2D eigenvalue weighted by atomic mass is 10.2. The van der Waals surface area contributed by atoms with Gasteiger partial charge < -0.3 is 5.32 Å². The normalized spacial score (nSPS) is 28.1. The first-order valence-corrected chi connectivity index (χ1v) is 7.72. The highest BCUT2D eigenvalue weighted by Gasteiger charge is 2.37. The minimum Gasteiger partial charge on any atom is -0.303 e. The summed E-state index contributed by atoms with van der Waals surface area (Å²) in [7, 11) is 0. The molecule has 3 fully saturated rings. The Labute approximate surface area is 110 Å². The number of aromatic nitrogens is 1. The molecular weight excluding hydrogens is 246 g/mol. The molecule has 1 N–H and O–H groups in total. The summed E-state index contributed by atoms with van der Waals surface area (Å²) < 4.78 is 0. The van der Waals surface area contributed by atoms with Crippen molar-refractivity contribution in [3.63, 3.8) is 0 Å². The van der Waals surface area contributed by atoms with Gasteiger partial charge in [-0.15, -0.1) is 11.3 Å². The summed E-state index contributed by atoms with van der Waals surface area (Å²) >= 11 is 1.62. The molecule has 2 saturated carbocycles. The summed E-state index contributed by atoms with van der Waals surface area (Å²) in [4.78, 5) is 18.8. The Bertz CT molecular complexity index is 478. The second-order valence-electron chi connectivity index (χ2n) is 5.60. The highest BCUT2D eigenvalue weighted by molar-refractivity contribution is 7.14. The van der Waals surface area contributed by atoms with E-state index in [2.05, 4.69) is 15.7 Å². The number of carbonyl (C=O) groups is 1. The predicted octanol–water partition coefficient (Wildman–Crippen LogP) is 1.88. The highest BCUT2D eigenvalue weighted by Crippen LogP contribution is 2.41. The molecule has 4 nitrogen and oxygen atoms in total. The van der Waals surface area contributed by atoms with E-state index < -0.39 is 0 Å². The predicted molar refractivity (Wildman–Crippen MR) is 71.0 cm³/mol. The SMILES string of the molecule is O=C1C(NC2CC2)CCN1c1nc(C2CC2)cs1. The molecule has 1 aromatic rings. The first-order valence-electron chi connectivity index (χ1n) is 6.84.